The van der Waals surface area contributed by atoms with E-state index in [0.717, 1.165) is 11.1 Å². The van der Waals surface area contributed by atoms with Crippen LogP contribution in [0.1, 0.15) is 16.8 Å². The highest BCUT2D eigenvalue weighted by atomic mass is 35.5. The Kier molecular flexibility index (Phi) is 3.06. The van der Waals surface area contributed by atoms with Gasteiger partial charge in [-0.25, -0.2) is 4.79 Å². The van der Waals surface area contributed by atoms with Gasteiger partial charge in [0.05, 0.1) is 5.69 Å². The third kappa shape index (κ3) is 2.31. The largest absolute Gasteiger partial charge is 0.358 e. The zero-order valence-corrected chi connectivity index (χ0v) is 9.49. The second-order valence-corrected chi connectivity index (χ2v) is 3.93. The van der Waals surface area contributed by atoms with Crippen LogP contribution in [-0.4, -0.2) is 5.16 Å². The Hall–Kier alpha value is -1.61. The van der Waals surface area contributed by atoms with Crippen molar-refractivity contribution in [3.8, 4) is 0 Å². The minimum atomic E-state index is -0.437. The molecule has 1 heterocycles. The van der Waals surface area contributed by atoms with Crippen LogP contribution >= 0.6 is 11.6 Å². The quantitative estimate of drug-likeness (QED) is 0.804. The summed E-state index contributed by atoms with van der Waals surface area (Å²) in [5.41, 5.74) is 2.08. The molecule has 0 saturated carbocycles. The monoisotopic (exact) mass is 235 g/mol. The second kappa shape index (κ2) is 4.49. The van der Waals surface area contributed by atoms with Crippen molar-refractivity contribution in [2.45, 2.75) is 13.3 Å². The molecular formula is C12H10ClNO2. The van der Waals surface area contributed by atoms with Crippen LogP contribution in [0.25, 0.3) is 0 Å². The Bertz CT molecular complexity index is 563. The smallest absolute Gasteiger partial charge is 0.313 e. The predicted octanol–water partition coefficient (Wildman–Crippen LogP) is 2.59. The minimum Gasteiger partial charge on any atom is -0.313 e. The molecule has 2 rings (SSSR count). The van der Waals surface area contributed by atoms with Gasteiger partial charge in [0, 0.05) is 17.5 Å². The first-order valence-corrected chi connectivity index (χ1v) is 5.24. The van der Waals surface area contributed by atoms with E-state index < -0.39 is 5.63 Å². The van der Waals surface area contributed by atoms with Crippen molar-refractivity contribution in [3.05, 3.63) is 62.6 Å². The number of aromatic nitrogens is 1. The SMILES string of the molecule is Cc1noc(=O)cc1Cc1ccccc1Cl. The molecule has 0 N–H and O–H groups in total. The molecule has 0 aliphatic rings. The molecule has 0 saturated heterocycles. The fourth-order valence-electron chi connectivity index (χ4n) is 1.47. The normalized spacial score (nSPS) is 10.4. The summed E-state index contributed by atoms with van der Waals surface area (Å²) in [6, 6.07) is 8.98. The summed E-state index contributed by atoms with van der Waals surface area (Å²) in [7, 11) is 0. The molecule has 1 aromatic heterocycles. The summed E-state index contributed by atoms with van der Waals surface area (Å²) in [5, 5.41) is 4.36. The Morgan fingerprint density at radius 2 is 2.06 bits per heavy atom. The predicted molar refractivity (Wildman–Crippen MR) is 61.8 cm³/mol. The number of aryl methyl sites for hydroxylation is 1. The van der Waals surface area contributed by atoms with Gasteiger partial charge in [0.15, 0.2) is 0 Å². The lowest BCUT2D eigenvalue weighted by atomic mass is 10.0. The molecule has 0 unspecified atom stereocenters. The van der Waals surface area contributed by atoms with Crippen LogP contribution in [-0.2, 0) is 6.42 Å². The topological polar surface area (TPSA) is 43.1 Å². The maximum atomic E-state index is 11.1. The summed E-state index contributed by atoms with van der Waals surface area (Å²) in [6.45, 7) is 1.80. The number of nitrogens with zero attached hydrogens (tertiary/aromatic N) is 1. The molecular weight excluding hydrogens is 226 g/mol. The molecule has 0 amide bonds. The number of halogens is 1. The van der Waals surface area contributed by atoms with E-state index in [4.69, 9.17) is 11.6 Å². The molecule has 0 aliphatic carbocycles. The average molecular weight is 236 g/mol. The van der Waals surface area contributed by atoms with Gasteiger partial charge in [-0.3, -0.25) is 0 Å². The number of hydrogen-bond acceptors (Lipinski definition) is 3. The molecule has 16 heavy (non-hydrogen) atoms. The Labute approximate surface area is 97.7 Å². The van der Waals surface area contributed by atoms with Crippen LogP contribution in [0.2, 0.25) is 5.02 Å². The molecule has 0 atom stereocenters. The van der Waals surface area contributed by atoms with Crippen LogP contribution in [0.4, 0.5) is 0 Å². The average Bonchev–Trinajstić information content (AvgIpc) is 2.27. The standard InChI is InChI=1S/C12H10ClNO2/c1-8-10(7-12(15)16-14-8)6-9-4-2-3-5-11(9)13/h2-5,7H,6H2,1H3. The molecule has 0 bridgehead atoms. The fourth-order valence-corrected chi connectivity index (χ4v) is 1.67. The van der Waals surface area contributed by atoms with E-state index in [1.54, 1.807) is 6.92 Å². The van der Waals surface area contributed by atoms with Gasteiger partial charge >= 0.3 is 5.63 Å². The number of benzene rings is 1. The molecule has 2 aromatic rings. The Morgan fingerprint density at radius 3 is 2.81 bits per heavy atom. The fraction of sp³-hybridized carbons (Fsp3) is 0.167. The van der Waals surface area contributed by atoms with Crippen LogP contribution in [0.15, 0.2) is 39.6 Å². The molecule has 0 radical (unpaired) electrons. The van der Waals surface area contributed by atoms with E-state index in [1.165, 1.54) is 6.07 Å². The lowest BCUT2D eigenvalue weighted by molar-refractivity contribution is 0.361. The third-order valence-electron chi connectivity index (χ3n) is 2.37. The van der Waals surface area contributed by atoms with Gasteiger partial charge in [0.25, 0.3) is 0 Å². The molecule has 1 aromatic carbocycles. The van der Waals surface area contributed by atoms with Gasteiger partial charge in [-0.15, -0.1) is 0 Å². The van der Waals surface area contributed by atoms with E-state index in [1.807, 2.05) is 24.3 Å². The minimum absolute atomic E-state index is 0.437. The van der Waals surface area contributed by atoms with Gasteiger partial charge in [0.1, 0.15) is 0 Å². The van der Waals surface area contributed by atoms with Crippen molar-refractivity contribution in [1.29, 1.82) is 0 Å². The van der Waals surface area contributed by atoms with E-state index in [2.05, 4.69) is 9.68 Å². The summed E-state index contributed by atoms with van der Waals surface area (Å²) >= 11 is 6.04. The van der Waals surface area contributed by atoms with Gasteiger partial charge in [-0.05, 0) is 24.1 Å². The summed E-state index contributed by atoms with van der Waals surface area (Å²) in [6.07, 6.45) is 0.587. The van der Waals surface area contributed by atoms with Crippen LogP contribution in [0.5, 0.6) is 0 Å². The van der Waals surface area contributed by atoms with Crippen molar-refractivity contribution in [2.75, 3.05) is 0 Å². The highest BCUT2D eigenvalue weighted by Gasteiger charge is 2.06. The van der Waals surface area contributed by atoms with E-state index >= 15 is 0 Å². The molecule has 0 aliphatic heterocycles. The number of hydrogen-bond donors (Lipinski definition) is 0. The summed E-state index contributed by atoms with van der Waals surface area (Å²) < 4.78 is 4.53. The zero-order valence-electron chi connectivity index (χ0n) is 8.74. The molecule has 0 spiro atoms. The summed E-state index contributed by atoms with van der Waals surface area (Å²) in [5.74, 6) is 0. The first-order valence-electron chi connectivity index (χ1n) is 4.87. The van der Waals surface area contributed by atoms with Crippen molar-refractivity contribution in [1.82, 2.24) is 5.16 Å². The van der Waals surface area contributed by atoms with Crippen LogP contribution in [0, 0.1) is 6.92 Å². The van der Waals surface area contributed by atoms with E-state index in [9.17, 15) is 4.79 Å². The lowest BCUT2D eigenvalue weighted by Gasteiger charge is -2.04. The lowest BCUT2D eigenvalue weighted by Crippen LogP contribution is -2.05. The highest BCUT2D eigenvalue weighted by molar-refractivity contribution is 6.31. The third-order valence-corrected chi connectivity index (χ3v) is 2.74. The Morgan fingerprint density at radius 1 is 1.31 bits per heavy atom. The van der Waals surface area contributed by atoms with Crippen LogP contribution in [0.3, 0.4) is 0 Å². The van der Waals surface area contributed by atoms with Gasteiger partial charge in [0.2, 0.25) is 0 Å². The van der Waals surface area contributed by atoms with Crippen molar-refractivity contribution < 1.29 is 4.52 Å². The summed E-state index contributed by atoms with van der Waals surface area (Å²) in [4.78, 5) is 11.1. The Balaban J connectivity index is 2.38. The maximum absolute atomic E-state index is 11.1. The molecule has 4 heteroatoms. The van der Waals surface area contributed by atoms with Crippen molar-refractivity contribution in [2.24, 2.45) is 0 Å². The van der Waals surface area contributed by atoms with Crippen LogP contribution < -0.4 is 5.63 Å². The van der Waals surface area contributed by atoms with E-state index in [0.29, 0.717) is 17.1 Å². The van der Waals surface area contributed by atoms with Gasteiger partial charge < -0.3 is 4.52 Å². The molecule has 3 nitrogen and oxygen atoms in total. The molecule has 82 valence electrons. The van der Waals surface area contributed by atoms with E-state index in [-0.39, 0.29) is 0 Å². The molecule has 0 fully saturated rings. The van der Waals surface area contributed by atoms with Gasteiger partial charge in [-0.1, -0.05) is 35.0 Å². The first-order chi connectivity index (χ1) is 7.66. The highest BCUT2D eigenvalue weighted by Crippen LogP contribution is 2.19. The van der Waals surface area contributed by atoms with Crippen molar-refractivity contribution in [3.63, 3.8) is 0 Å². The van der Waals surface area contributed by atoms with Crippen molar-refractivity contribution >= 4 is 11.6 Å². The van der Waals surface area contributed by atoms with Gasteiger partial charge in [-0.2, -0.15) is 0 Å². The maximum Gasteiger partial charge on any atom is 0.358 e. The number of rotatable bonds is 2. The second-order valence-electron chi connectivity index (χ2n) is 3.52. The zero-order chi connectivity index (χ0) is 11.5. The first kappa shape index (κ1) is 10.9.